The van der Waals surface area contributed by atoms with E-state index < -0.39 is 0 Å². The summed E-state index contributed by atoms with van der Waals surface area (Å²) in [5.41, 5.74) is 1.16. The zero-order valence-corrected chi connectivity index (χ0v) is 19.7. The van der Waals surface area contributed by atoms with Gasteiger partial charge in [0.25, 0.3) is 5.91 Å². The van der Waals surface area contributed by atoms with Gasteiger partial charge in [0, 0.05) is 58.6 Å². The first kappa shape index (κ1) is 23.2. The summed E-state index contributed by atoms with van der Waals surface area (Å²) in [5, 5.41) is 7.75. The number of nitrogens with one attached hydrogen (secondary N) is 1. The highest BCUT2D eigenvalue weighted by molar-refractivity contribution is 14.0. The topological polar surface area (TPSA) is 82.1 Å². The number of likely N-dealkylation sites (N-methyl/N-ethyl adjacent to an activating group) is 1. The Hall–Kier alpha value is -2.08. The molecule has 0 saturated carbocycles. The normalized spacial score (nSPS) is 16.0. The molecule has 1 unspecified atom stereocenters. The maximum absolute atomic E-state index is 12.4. The second kappa shape index (κ2) is 10.6. The van der Waals surface area contributed by atoms with Gasteiger partial charge >= 0.3 is 0 Å². The number of hydrogen-bond donors (Lipinski definition) is 1. The van der Waals surface area contributed by atoms with E-state index >= 15 is 0 Å². The highest BCUT2D eigenvalue weighted by Crippen LogP contribution is 2.16. The van der Waals surface area contributed by atoms with Gasteiger partial charge in [-0.15, -0.1) is 24.0 Å². The molecule has 0 bridgehead atoms. The van der Waals surface area contributed by atoms with Crippen LogP contribution < -0.4 is 5.32 Å². The number of aryl methyl sites for hydroxylation is 1. The van der Waals surface area contributed by atoms with Crippen LogP contribution in [0.5, 0.6) is 0 Å². The molecule has 0 aromatic carbocycles. The molecule has 1 amide bonds. The molecule has 1 saturated heterocycles. The molecule has 0 aliphatic carbocycles. The molecule has 1 atom stereocenters. The Morgan fingerprint density at radius 3 is 2.52 bits per heavy atom. The number of aliphatic imine (C=N–C) groups is 1. The average Bonchev–Trinajstić information content (AvgIpc) is 3.37. The number of carbonyl (C=O) groups excluding carboxylic acids is 1. The molecule has 1 N–H and O–H groups in total. The van der Waals surface area contributed by atoms with Gasteiger partial charge in [-0.2, -0.15) is 5.10 Å². The molecule has 0 spiro atoms. The molecule has 0 radical (unpaired) electrons. The van der Waals surface area contributed by atoms with Crippen molar-refractivity contribution in [1.29, 1.82) is 0 Å². The molecule has 3 rings (SSSR count). The maximum Gasteiger partial charge on any atom is 0.289 e. The first-order valence-electron chi connectivity index (χ1n) is 9.43. The minimum Gasteiger partial charge on any atom is -0.459 e. The molecular weight excluding hydrogens is 485 g/mol. The summed E-state index contributed by atoms with van der Waals surface area (Å²) in [6.07, 6.45) is 5.46. The lowest BCUT2D eigenvalue weighted by atomic mass is 10.1. The second-order valence-electron chi connectivity index (χ2n) is 7.11. The summed E-state index contributed by atoms with van der Waals surface area (Å²) in [4.78, 5) is 23.0. The molecule has 160 valence electrons. The zero-order chi connectivity index (χ0) is 20.1. The Labute approximate surface area is 188 Å². The molecule has 1 fully saturated rings. The first-order valence-corrected chi connectivity index (χ1v) is 9.43. The average molecular weight is 515 g/mol. The predicted molar refractivity (Wildman–Crippen MR) is 123 cm³/mol. The molecule has 10 heteroatoms. The quantitative estimate of drug-likeness (QED) is 0.367. The lowest BCUT2D eigenvalue weighted by molar-refractivity contribution is 0.0657. The van der Waals surface area contributed by atoms with Crippen LogP contribution in [-0.2, 0) is 7.05 Å². The van der Waals surface area contributed by atoms with E-state index in [2.05, 4.69) is 39.3 Å². The van der Waals surface area contributed by atoms with Crippen LogP contribution in [0.1, 0.15) is 22.2 Å². The van der Waals surface area contributed by atoms with Gasteiger partial charge in [-0.1, -0.05) is 0 Å². The van der Waals surface area contributed by atoms with E-state index in [0.29, 0.717) is 18.8 Å². The maximum atomic E-state index is 12.4. The number of nitrogens with zero attached hydrogens (tertiary/aromatic N) is 6. The Bertz CT molecular complexity index is 795. The summed E-state index contributed by atoms with van der Waals surface area (Å²) in [6.45, 7) is 3.45. The van der Waals surface area contributed by atoms with Crippen molar-refractivity contribution in [2.24, 2.45) is 12.0 Å². The fourth-order valence-electron chi connectivity index (χ4n) is 3.41. The first-order chi connectivity index (χ1) is 13.5. The standard InChI is InChI=1S/C19H29N7O2.HI/c1-20-19(21-13-16(23(2)3)15-12-22-24(4)14-15)26-9-7-25(8-10-26)18(27)17-6-5-11-28-17;/h5-6,11-12,14,16H,7-10,13H2,1-4H3,(H,20,21);1H. The Balaban J connectivity index is 0.00000300. The number of halogens is 1. The molecule has 29 heavy (non-hydrogen) atoms. The summed E-state index contributed by atoms with van der Waals surface area (Å²) < 4.78 is 7.04. The van der Waals surface area contributed by atoms with Gasteiger partial charge in [-0.05, 0) is 26.2 Å². The van der Waals surface area contributed by atoms with Gasteiger partial charge in [-0.3, -0.25) is 14.5 Å². The van der Waals surface area contributed by atoms with E-state index in [-0.39, 0.29) is 35.9 Å². The molecule has 9 nitrogen and oxygen atoms in total. The van der Waals surface area contributed by atoms with Crippen LogP contribution in [0.15, 0.2) is 40.2 Å². The van der Waals surface area contributed by atoms with Crippen molar-refractivity contribution < 1.29 is 9.21 Å². The largest absolute Gasteiger partial charge is 0.459 e. The van der Waals surface area contributed by atoms with Crippen LogP contribution in [0.3, 0.4) is 0 Å². The summed E-state index contributed by atoms with van der Waals surface area (Å²) >= 11 is 0. The van der Waals surface area contributed by atoms with Crippen LogP contribution >= 0.6 is 24.0 Å². The number of rotatable bonds is 5. The van der Waals surface area contributed by atoms with Crippen molar-refractivity contribution in [2.75, 3.05) is 53.9 Å². The van der Waals surface area contributed by atoms with Crippen LogP contribution in [0.25, 0.3) is 0 Å². The van der Waals surface area contributed by atoms with Gasteiger partial charge in [0.05, 0.1) is 18.5 Å². The van der Waals surface area contributed by atoms with Gasteiger partial charge in [-0.25, -0.2) is 0 Å². The number of guanidine groups is 1. The Morgan fingerprint density at radius 2 is 2.00 bits per heavy atom. The third-order valence-corrected chi connectivity index (χ3v) is 5.00. The molecule has 1 aliphatic rings. The van der Waals surface area contributed by atoms with Crippen LogP contribution in [0.2, 0.25) is 0 Å². The number of amides is 1. The van der Waals surface area contributed by atoms with Crippen molar-refractivity contribution in [3.63, 3.8) is 0 Å². The summed E-state index contributed by atoms with van der Waals surface area (Å²) in [7, 11) is 7.83. The van der Waals surface area contributed by atoms with Crippen molar-refractivity contribution in [2.45, 2.75) is 6.04 Å². The fourth-order valence-corrected chi connectivity index (χ4v) is 3.41. The van der Waals surface area contributed by atoms with Gasteiger partial charge in [0.15, 0.2) is 11.7 Å². The molecule has 3 heterocycles. The Morgan fingerprint density at radius 1 is 1.31 bits per heavy atom. The Kier molecular flexibility index (Phi) is 8.50. The van der Waals surface area contributed by atoms with Gasteiger partial charge < -0.3 is 24.4 Å². The van der Waals surface area contributed by atoms with E-state index in [1.54, 1.807) is 19.2 Å². The molecule has 2 aromatic heterocycles. The van der Waals surface area contributed by atoms with E-state index in [9.17, 15) is 4.79 Å². The van der Waals surface area contributed by atoms with Crippen molar-refractivity contribution in [1.82, 2.24) is 29.8 Å². The van der Waals surface area contributed by atoms with Crippen LogP contribution in [0, 0.1) is 0 Å². The minimum absolute atomic E-state index is 0. The molecule has 2 aromatic rings. The zero-order valence-electron chi connectivity index (χ0n) is 17.4. The van der Waals surface area contributed by atoms with Crippen molar-refractivity contribution >= 4 is 35.8 Å². The van der Waals surface area contributed by atoms with E-state index in [0.717, 1.165) is 31.2 Å². The van der Waals surface area contributed by atoms with E-state index in [1.807, 2.05) is 29.0 Å². The number of hydrogen-bond acceptors (Lipinski definition) is 5. The highest BCUT2D eigenvalue weighted by atomic mass is 127. The fraction of sp³-hybridized carbons (Fsp3) is 0.526. The third kappa shape index (κ3) is 5.72. The predicted octanol–water partition coefficient (Wildman–Crippen LogP) is 1.27. The molecule has 1 aliphatic heterocycles. The van der Waals surface area contributed by atoms with Crippen molar-refractivity contribution in [3.05, 3.63) is 42.1 Å². The number of carbonyl (C=O) groups is 1. The third-order valence-electron chi connectivity index (χ3n) is 5.00. The smallest absolute Gasteiger partial charge is 0.289 e. The summed E-state index contributed by atoms with van der Waals surface area (Å²) in [5.74, 6) is 1.18. The SMILES string of the molecule is CN=C(NCC(c1cnn(C)c1)N(C)C)N1CCN(C(=O)c2ccco2)CC1.I. The van der Waals surface area contributed by atoms with E-state index in [4.69, 9.17) is 4.42 Å². The highest BCUT2D eigenvalue weighted by Gasteiger charge is 2.26. The lowest BCUT2D eigenvalue weighted by Gasteiger charge is -2.36. The van der Waals surface area contributed by atoms with Crippen LogP contribution in [-0.4, -0.2) is 90.2 Å². The monoisotopic (exact) mass is 515 g/mol. The van der Waals surface area contributed by atoms with Crippen molar-refractivity contribution in [3.8, 4) is 0 Å². The number of aromatic nitrogens is 2. The minimum atomic E-state index is -0.0585. The van der Waals surface area contributed by atoms with Crippen LogP contribution in [0.4, 0.5) is 0 Å². The number of piperazine rings is 1. The number of furan rings is 1. The van der Waals surface area contributed by atoms with Gasteiger partial charge in [0.2, 0.25) is 0 Å². The lowest BCUT2D eigenvalue weighted by Crippen LogP contribution is -2.54. The summed E-state index contributed by atoms with van der Waals surface area (Å²) in [6, 6.07) is 3.63. The molecular formula is C19H30IN7O2. The van der Waals surface area contributed by atoms with Gasteiger partial charge in [0.1, 0.15) is 0 Å². The second-order valence-corrected chi connectivity index (χ2v) is 7.11. The van der Waals surface area contributed by atoms with E-state index in [1.165, 1.54) is 6.26 Å².